The fourth-order valence-corrected chi connectivity index (χ4v) is 3.63. The molecule has 3 heterocycles. The van der Waals surface area contributed by atoms with E-state index in [0.29, 0.717) is 33.6 Å². The minimum absolute atomic E-state index is 0.146. The fourth-order valence-electron chi connectivity index (χ4n) is 3.63. The van der Waals surface area contributed by atoms with Gasteiger partial charge in [-0.15, -0.1) is 0 Å². The maximum absolute atomic E-state index is 14.0. The molecule has 0 fully saturated rings. The maximum Gasteiger partial charge on any atom is 0.300 e. The number of rotatable bonds is 0. The highest BCUT2D eigenvalue weighted by molar-refractivity contribution is 5.95. The summed E-state index contributed by atoms with van der Waals surface area (Å²) < 4.78 is 21.4. The Morgan fingerprint density at radius 3 is 2.68 bits per heavy atom. The smallest absolute Gasteiger partial charge is 0.300 e. The molecule has 1 aliphatic heterocycles. The number of fused-ring (bicyclic) bond motifs is 5. The van der Waals surface area contributed by atoms with Crippen LogP contribution in [0.3, 0.4) is 0 Å². The number of amides is 1. The molecule has 0 aliphatic carbocycles. The van der Waals surface area contributed by atoms with Gasteiger partial charge in [0, 0.05) is 49.5 Å². The van der Waals surface area contributed by atoms with Crippen molar-refractivity contribution in [3.8, 4) is 22.9 Å². The van der Waals surface area contributed by atoms with Gasteiger partial charge in [0.25, 0.3) is 11.9 Å². The van der Waals surface area contributed by atoms with Crippen molar-refractivity contribution in [3.05, 3.63) is 58.8 Å². The summed E-state index contributed by atoms with van der Waals surface area (Å²) in [6, 6.07) is 7.79. The summed E-state index contributed by atoms with van der Waals surface area (Å²) in [5, 5.41) is 21.5. The molecule has 0 saturated heterocycles. The van der Waals surface area contributed by atoms with E-state index in [9.17, 15) is 14.4 Å². The zero-order chi connectivity index (χ0) is 25.2. The highest BCUT2D eigenvalue weighted by Gasteiger charge is 2.26. The lowest BCUT2D eigenvalue weighted by atomic mass is 10.00. The standard InChI is InChI=1S/C21H19FN6O2.C2H4O2/c1-11-15-7-13(22)4-5-14(15)21(29)27(2)10-16-19(17(8-23)28(3)26-16)12-6-18(30-11)20(24)25-9-12;1-2(3)4/h4-7,9,11H,10H2,1-3H3,(H2,24,25);1H3,(H,3,4). The zero-order valence-electron chi connectivity index (χ0n) is 19.0. The van der Waals surface area contributed by atoms with E-state index in [-0.39, 0.29) is 24.0 Å². The molecule has 176 valence electrons. The van der Waals surface area contributed by atoms with E-state index in [2.05, 4.69) is 16.2 Å². The van der Waals surface area contributed by atoms with E-state index in [1.54, 1.807) is 27.1 Å². The topological polar surface area (TPSA) is 147 Å². The van der Waals surface area contributed by atoms with Gasteiger partial charge in [0.15, 0.2) is 11.6 Å². The number of carbonyl (C=O) groups excluding carboxylic acids is 1. The Morgan fingerprint density at radius 2 is 2.03 bits per heavy atom. The minimum Gasteiger partial charge on any atom is -0.482 e. The number of nitrogens with zero attached hydrogens (tertiary/aromatic N) is 5. The third-order valence-electron chi connectivity index (χ3n) is 5.12. The van der Waals surface area contributed by atoms with Crippen LogP contribution in [0.4, 0.5) is 10.2 Å². The lowest BCUT2D eigenvalue weighted by Gasteiger charge is -2.23. The Bertz CT molecular complexity index is 1310. The van der Waals surface area contributed by atoms with Crippen LogP contribution in [0.5, 0.6) is 5.75 Å². The number of nitrogen functional groups attached to an aromatic ring is 1. The number of anilines is 1. The zero-order valence-corrected chi connectivity index (χ0v) is 19.0. The molecular weight excluding hydrogens is 443 g/mol. The second-order valence-corrected chi connectivity index (χ2v) is 7.68. The molecule has 1 unspecified atom stereocenters. The van der Waals surface area contributed by atoms with Gasteiger partial charge in [-0.25, -0.2) is 9.37 Å². The summed E-state index contributed by atoms with van der Waals surface area (Å²) in [6.07, 6.45) is 0.866. The number of hydrogen-bond acceptors (Lipinski definition) is 7. The van der Waals surface area contributed by atoms with Crippen molar-refractivity contribution in [2.24, 2.45) is 7.05 Å². The van der Waals surface area contributed by atoms with Gasteiger partial charge in [0.2, 0.25) is 0 Å². The first kappa shape index (κ1) is 24.2. The number of aliphatic carboxylic acids is 1. The van der Waals surface area contributed by atoms with Crippen molar-refractivity contribution < 1.29 is 23.8 Å². The van der Waals surface area contributed by atoms with Crippen molar-refractivity contribution in [3.63, 3.8) is 0 Å². The van der Waals surface area contributed by atoms with Crippen LogP contribution >= 0.6 is 0 Å². The molecule has 4 rings (SSSR count). The van der Waals surface area contributed by atoms with Gasteiger partial charge in [-0.3, -0.25) is 14.3 Å². The van der Waals surface area contributed by atoms with E-state index in [1.807, 2.05) is 0 Å². The summed E-state index contributed by atoms with van der Waals surface area (Å²) >= 11 is 0. The molecule has 34 heavy (non-hydrogen) atoms. The predicted octanol–water partition coefficient (Wildman–Crippen LogP) is 2.89. The van der Waals surface area contributed by atoms with E-state index >= 15 is 0 Å². The number of pyridine rings is 1. The second-order valence-electron chi connectivity index (χ2n) is 7.68. The number of halogens is 1. The third-order valence-corrected chi connectivity index (χ3v) is 5.12. The number of ether oxygens (including phenoxy) is 1. The molecule has 2 aromatic heterocycles. The van der Waals surface area contributed by atoms with E-state index in [1.165, 1.54) is 34.0 Å². The molecule has 0 radical (unpaired) electrons. The van der Waals surface area contributed by atoms with Gasteiger partial charge >= 0.3 is 0 Å². The molecule has 0 spiro atoms. The Hall–Kier alpha value is -4.46. The monoisotopic (exact) mass is 466 g/mol. The van der Waals surface area contributed by atoms with Gasteiger partial charge in [-0.05, 0) is 31.2 Å². The molecule has 3 aromatic rings. The number of carboxylic acids is 1. The number of hydrogen-bond donors (Lipinski definition) is 2. The van der Waals surface area contributed by atoms with Gasteiger partial charge in [0.05, 0.1) is 12.2 Å². The lowest BCUT2D eigenvalue weighted by molar-refractivity contribution is -0.134. The van der Waals surface area contributed by atoms with E-state index < -0.39 is 17.9 Å². The quantitative estimate of drug-likeness (QED) is 0.514. The van der Waals surface area contributed by atoms with E-state index in [0.717, 1.165) is 6.92 Å². The Balaban J connectivity index is 0.000000751. The Kier molecular flexibility index (Phi) is 6.81. The molecule has 1 aliphatic rings. The van der Waals surface area contributed by atoms with Crippen LogP contribution in [-0.2, 0) is 18.4 Å². The Morgan fingerprint density at radius 1 is 1.35 bits per heavy atom. The highest BCUT2D eigenvalue weighted by atomic mass is 19.1. The summed E-state index contributed by atoms with van der Waals surface area (Å²) in [5.41, 5.74) is 8.72. The first-order chi connectivity index (χ1) is 16.0. The van der Waals surface area contributed by atoms with Gasteiger partial charge in [0.1, 0.15) is 23.7 Å². The molecule has 1 atom stereocenters. The number of carbonyl (C=O) groups is 2. The van der Waals surface area contributed by atoms with E-state index in [4.69, 9.17) is 20.4 Å². The number of aromatic nitrogens is 3. The fraction of sp³-hybridized carbons (Fsp3) is 0.261. The number of carboxylic acid groups (broad SMARTS) is 1. The highest BCUT2D eigenvalue weighted by Crippen LogP contribution is 2.35. The lowest BCUT2D eigenvalue weighted by Crippen LogP contribution is -2.28. The average molecular weight is 466 g/mol. The summed E-state index contributed by atoms with van der Waals surface area (Å²) in [6.45, 7) is 2.94. The van der Waals surface area contributed by atoms with Crippen molar-refractivity contribution in [1.82, 2.24) is 19.7 Å². The van der Waals surface area contributed by atoms with Crippen LogP contribution in [0.15, 0.2) is 30.5 Å². The largest absolute Gasteiger partial charge is 0.482 e. The first-order valence-corrected chi connectivity index (χ1v) is 10.2. The third kappa shape index (κ3) is 4.80. The molecule has 1 aromatic carbocycles. The maximum atomic E-state index is 14.0. The van der Waals surface area contributed by atoms with Crippen LogP contribution in [0, 0.1) is 17.1 Å². The summed E-state index contributed by atoms with van der Waals surface area (Å²) in [4.78, 5) is 27.8. The molecule has 3 N–H and O–H groups in total. The molecule has 10 nitrogen and oxygen atoms in total. The first-order valence-electron chi connectivity index (χ1n) is 10.2. The number of nitrogens with two attached hydrogens (primary N) is 1. The van der Waals surface area contributed by atoms with Gasteiger partial charge < -0.3 is 20.5 Å². The van der Waals surface area contributed by atoms with Crippen molar-refractivity contribution in [2.75, 3.05) is 12.8 Å². The summed E-state index contributed by atoms with van der Waals surface area (Å²) in [7, 11) is 3.29. The number of aryl methyl sites for hydroxylation is 1. The Labute approximate surface area is 195 Å². The molecular formula is C23H23FN6O4. The second kappa shape index (κ2) is 9.58. The average Bonchev–Trinajstić information content (AvgIpc) is 3.08. The van der Waals surface area contributed by atoms with Gasteiger partial charge in [-0.1, -0.05) is 0 Å². The van der Waals surface area contributed by atoms with Gasteiger partial charge in [-0.2, -0.15) is 10.4 Å². The van der Waals surface area contributed by atoms with Crippen LogP contribution in [0.2, 0.25) is 0 Å². The molecule has 1 amide bonds. The molecule has 0 saturated carbocycles. The molecule has 2 bridgehead atoms. The predicted molar refractivity (Wildman–Crippen MR) is 120 cm³/mol. The van der Waals surface area contributed by atoms with Crippen LogP contribution in [-0.4, -0.2) is 43.7 Å². The van der Waals surface area contributed by atoms with Crippen molar-refractivity contribution in [1.29, 1.82) is 5.26 Å². The normalized spacial score (nSPS) is 14.8. The van der Waals surface area contributed by atoms with Crippen LogP contribution < -0.4 is 10.5 Å². The SMILES string of the molecule is CC(=O)O.CC1Oc2cc(cnc2N)-c2c(nn(C)c2C#N)CN(C)C(=O)c2ccc(F)cc21. The summed E-state index contributed by atoms with van der Waals surface area (Å²) in [5.74, 6) is -1.20. The van der Waals surface area contributed by atoms with Crippen LogP contribution in [0.1, 0.15) is 47.3 Å². The molecule has 11 heteroatoms. The van der Waals surface area contributed by atoms with Crippen LogP contribution in [0.25, 0.3) is 11.1 Å². The van der Waals surface area contributed by atoms with Crippen molar-refractivity contribution >= 4 is 17.7 Å². The number of nitriles is 1. The minimum atomic E-state index is -0.833. The number of benzene rings is 1. The van der Waals surface area contributed by atoms with Crippen molar-refractivity contribution in [2.45, 2.75) is 26.5 Å².